The van der Waals surface area contributed by atoms with Crippen LogP contribution >= 0.6 is 0 Å². The van der Waals surface area contributed by atoms with Gasteiger partial charge in [0.15, 0.2) is 0 Å². The number of aliphatic hydroxyl groups is 1. The van der Waals surface area contributed by atoms with Crippen molar-refractivity contribution in [2.24, 2.45) is 5.41 Å². The minimum atomic E-state index is -0.587. The largest absolute Gasteiger partial charge is 0.508 e. The van der Waals surface area contributed by atoms with Crippen molar-refractivity contribution in [1.29, 1.82) is 0 Å². The fourth-order valence-corrected chi connectivity index (χ4v) is 1.81. The third-order valence-electron chi connectivity index (χ3n) is 3.31. The number of carbonyl (C=O) groups is 1. The van der Waals surface area contributed by atoms with Crippen LogP contribution in [0.1, 0.15) is 33.3 Å². The van der Waals surface area contributed by atoms with Crippen LogP contribution in [0.15, 0.2) is 24.3 Å². The predicted octanol–water partition coefficient (Wildman–Crippen LogP) is 2.03. The molecular formula is C16H26N2O3. The molecule has 21 heavy (non-hydrogen) atoms. The first kappa shape index (κ1) is 17.3. The van der Waals surface area contributed by atoms with Gasteiger partial charge in [0.1, 0.15) is 5.75 Å². The van der Waals surface area contributed by atoms with Crippen LogP contribution in [-0.4, -0.2) is 34.9 Å². The van der Waals surface area contributed by atoms with E-state index < -0.39 is 6.10 Å². The lowest BCUT2D eigenvalue weighted by molar-refractivity contribution is 0.0649. The van der Waals surface area contributed by atoms with Crippen LogP contribution in [-0.2, 0) is 6.42 Å². The Hall–Kier alpha value is -1.75. The van der Waals surface area contributed by atoms with E-state index in [1.165, 1.54) is 0 Å². The molecule has 0 spiro atoms. The molecule has 0 aliphatic carbocycles. The molecule has 0 bridgehead atoms. The number of nitrogens with one attached hydrogen (secondary N) is 2. The summed E-state index contributed by atoms with van der Waals surface area (Å²) in [5.74, 6) is 0.230. The van der Waals surface area contributed by atoms with Gasteiger partial charge in [-0.2, -0.15) is 0 Å². The molecule has 0 aliphatic rings. The van der Waals surface area contributed by atoms with Gasteiger partial charge < -0.3 is 20.8 Å². The lowest BCUT2D eigenvalue weighted by Crippen LogP contribution is -2.46. The summed E-state index contributed by atoms with van der Waals surface area (Å²) in [6.45, 7) is 7.90. The molecule has 2 atom stereocenters. The topological polar surface area (TPSA) is 81.6 Å². The molecule has 1 rings (SSSR count). The molecule has 0 fully saturated rings. The molecular weight excluding hydrogens is 268 g/mol. The second-order valence-corrected chi connectivity index (χ2v) is 6.51. The van der Waals surface area contributed by atoms with Crippen molar-refractivity contribution in [2.45, 2.75) is 46.3 Å². The number of hydrogen-bond acceptors (Lipinski definition) is 3. The van der Waals surface area contributed by atoms with E-state index in [1.54, 1.807) is 12.1 Å². The number of phenols is 1. The highest BCUT2D eigenvalue weighted by molar-refractivity contribution is 5.74. The molecule has 0 saturated heterocycles. The number of phenolic OH excluding ortho intramolecular Hbond substituents is 1. The number of benzene rings is 1. The Labute approximate surface area is 126 Å². The first-order valence-corrected chi connectivity index (χ1v) is 7.19. The van der Waals surface area contributed by atoms with Gasteiger partial charge in [0, 0.05) is 12.6 Å². The summed E-state index contributed by atoms with van der Waals surface area (Å²) in [6.07, 6.45) is 0.0888. The van der Waals surface area contributed by atoms with E-state index in [2.05, 4.69) is 10.6 Å². The molecule has 118 valence electrons. The molecule has 0 radical (unpaired) electrons. The number of aromatic hydroxyl groups is 1. The molecule has 5 nitrogen and oxygen atoms in total. The maximum atomic E-state index is 11.8. The smallest absolute Gasteiger partial charge is 0.315 e. The van der Waals surface area contributed by atoms with Crippen LogP contribution < -0.4 is 10.6 Å². The lowest BCUT2D eigenvalue weighted by Gasteiger charge is -2.26. The second-order valence-electron chi connectivity index (χ2n) is 6.51. The first-order valence-electron chi connectivity index (χ1n) is 7.19. The summed E-state index contributed by atoms with van der Waals surface area (Å²) in [5.41, 5.74) is 0.778. The standard InChI is InChI=1S/C16H26N2O3/c1-11(9-12-5-7-13(19)8-6-12)18-15(21)17-10-14(20)16(2,3)4/h5-8,11,14,19-20H,9-10H2,1-4H3,(H2,17,18,21). The lowest BCUT2D eigenvalue weighted by atomic mass is 9.89. The molecule has 2 unspecified atom stereocenters. The van der Waals surface area contributed by atoms with Gasteiger partial charge in [-0.25, -0.2) is 4.79 Å². The molecule has 5 heteroatoms. The zero-order valence-corrected chi connectivity index (χ0v) is 13.2. The van der Waals surface area contributed by atoms with Crippen molar-refractivity contribution < 1.29 is 15.0 Å². The maximum absolute atomic E-state index is 11.8. The van der Waals surface area contributed by atoms with Gasteiger partial charge in [0.05, 0.1) is 6.10 Å². The zero-order valence-electron chi connectivity index (χ0n) is 13.2. The minimum absolute atomic E-state index is 0.0404. The predicted molar refractivity (Wildman–Crippen MR) is 83.3 cm³/mol. The van der Waals surface area contributed by atoms with Gasteiger partial charge in [0.25, 0.3) is 0 Å². The van der Waals surface area contributed by atoms with Gasteiger partial charge in [-0.1, -0.05) is 32.9 Å². The molecule has 0 heterocycles. The normalized spacial score (nSPS) is 14.3. The molecule has 0 aromatic heterocycles. The van der Waals surface area contributed by atoms with Crippen molar-refractivity contribution in [3.8, 4) is 5.75 Å². The zero-order chi connectivity index (χ0) is 16.0. The average molecular weight is 294 g/mol. The molecule has 0 saturated carbocycles. The van der Waals surface area contributed by atoms with Crippen LogP contribution in [0.3, 0.4) is 0 Å². The Balaban J connectivity index is 2.35. The van der Waals surface area contributed by atoms with E-state index in [4.69, 9.17) is 0 Å². The highest BCUT2D eigenvalue weighted by Gasteiger charge is 2.22. The fraction of sp³-hybridized carbons (Fsp3) is 0.562. The first-order chi connectivity index (χ1) is 9.68. The minimum Gasteiger partial charge on any atom is -0.508 e. The summed E-state index contributed by atoms with van der Waals surface area (Å²) in [4.78, 5) is 11.8. The molecule has 1 aromatic carbocycles. The number of aliphatic hydroxyl groups excluding tert-OH is 1. The van der Waals surface area contributed by atoms with E-state index >= 15 is 0 Å². The Bertz CT molecular complexity index is 452. The quantitative estimate of drug-likeness (QED) is 0.670. The Morgan fingerprint density at radius 2 is 1.81 bits per heavy atom. The Morgan fingerprint density at radius 1 is 1.24 bits per heavy atom. The monoisotopic (exact) mass is 294 g/mol. The molecule has 4 N–H and O–H groups in total. The van der Waals surface area contributed by atoms with E-state index in [0.29, 0.717) is 6.42 Å². The van der Waals surface area contributed by atoms with Gasteiger partial charge >= 0.3 is 6.03 Å². The SMILES string of the molecule is CC(Cc1ccc(O)cc1)NC(=O)NCC(O)C(C)(C)C. The van der Waals surface area contributed by atoms with Crippen LogP contribution in [0.4, 0.5) is 4.79 Å². The van der Waals surface area contributed by atoms with Crippen LogP contribution in [0.5, 0.6) is 5.75 Å². The molecule has 1 aromatic rings. The average Bonchev–Trinajstić information content (AvgIpc) is 2.37. The highest BCUT2D eigenvalue weighted by atomic mass is 16.3. The van der Waals surface area contributed by atoms with E-state index in [-0.39, 0.29) is 29.8 Å². The van der Waals surface area contributed by atoms with E-state index in [0.717, 1.165) is 5.56 Å². The maximum Gasteiger partial charge on any atom is 0.315 e. The second kappa shape index (κ2) is 7.31. The van der Waals surface area contributed by atoms with Gasteiger partial charge in [0.2, 0.25) is 0 Å². The van der Waals surface area contributed by atoms with Gasteiger partial charge in [-0.15, -0.1) is 0 Å². The van der Waals surface area contributed by atoms with Crippen molar-refractivity contribution in [3.63, 3.8) is 0 Å². The van der Waals surface area contributed by atoms with Crippen LogP contribution in [0, 0.1) is 5.41 Å². The van der Waals surface area contributed by atoms with Gasteiger partial charge in [-0.05, 0) is 36.5 Å². The van der Waals surface area contributed by atoms with Crippen LogP contribution in [0.25, 0.3) is 0 Å². The van der Waals surface area contributed by atoms with E-state index in [1.807, 2.05) is 39.8 Å². The Morgan fingerprint density at radius 3 is 2.33 bits per heavy atom. The molecule has 2 amide bonds. The van der Waals surface area contributed by atoms with Crippen molar-refractivity contribution in [2.75, 3.05) is 6.54 Å². The number of urea groups is 1. The highest BCUT2D eigenvalue weighted by Crippen LogP contribution is 2.18. The third kappa shape index (κ3) is 6.49. The van der Waals surface area contributed by atoms with Gasteiger partial charge in [-0.3, -0.25) is 0 Å². The summed E-state index contributed by atoms with van der Waals surface area (Å²) in [7, 11) is 0. The summed E-state index contributed by atoms with van der Waals surface area (Å²) >= 11 is 0. The van der Waals surface area contributed by atoms with Crippen molar-refractivity contribution in [3.05, 3.63) is 29.8 Å². The number of carbonyl (C=O) groups excluding carboxylic acids is 1. The summed E-state index contributed by atoms with van der Waals surface area (Å²) < 4.78 is 0. The molecule has 0 aliphatic heterocycles. The van der Waals surface area contributed by atoms with E-state index in [9.17, 15) is 15.0 Å². The van der Waals surface area contributed by atoms with Crippen molar-refractivity contribution in [1.82, 2.24) is 10.6 Å². The Kier molecular flexibility index (Phi) is 6.03. The number of amides is 2. The van der Waals surface area contributed by atoms with Crippen molar-refractivity contribution >= 4 is 6.03 Å². The number of hydrogen-bond donors (Lipinski definition) is 4. The summed E-state index contributed by atoms with van der Waals surface area (Å²) in [5, 5.41) is 24.6. The third-order valence-corrected chi connectivity index (χ3v) is 3.31. The number of rotatable bonds is 5. The van der Waals surface area contributed by atoms with Crippen LogP contribution in [0.2, 0.25) is 0 Å². The fourth-order valence-electron chi connectivity index (χ4n) is 1.81. The summed E-state index contributed by atoms with van der Waals surface area (Å²) in [6, 6.07) is 6.58.